The molecule has 0 saturated carbocycles. The highest BCUT2D eigenvalue weighted by molar-refractivity contribution is 5.82. The molecule has 0 fully saturated rings. The fourth-order valence-electron chi connectivity index (χ4n) is 2.57. The van der Waals surface area contributed by atoms with Crippen LogP contribution >= 0.6 is 0 Å². The zero-order valence-corrected chi connectivity index (χ0v) is 13.7. The molecule has 3 heteroatoms. The van der Waals surface area contributed by atoms with Crippen molar-refractivity contribution >= 4 is 10.8 Å². The molecule has 3 nitrogen and oxygen atoms in total. The molecular formula is C21H19NO2. The van der Waals surface area contributed by atoms with Gasteiger partial charge in [0, 0.05) is 37.2 Å². The van der Waals surface area contributed by atoms with Gasteiger partial charge in [0.05, 0.1) is 6.61 Å². The normalized spacial score (nSPS) is 10.4. The first-order valence-electron chi connectivity index (χ1n) is 7.93. The van der Waals surface area contributed by atoms with E-state index in [0.717, 1.165) is 10.9 Å². The fourth-order valence-corrected chi connectivity index (χ4v) is 2.57. The minimum atomic E-state index is -0.00346. The molecule has 1 heterocycles. The number of methoxy groups -OCH3 is 1. The van der Waals surface area contributed by atoms with Gasteiger partial charge in [0.1, 0.15) is 0 Å². The first-order chi connectivity index (χ1) is 11.8. The van der Waals surface area contributed by atoms with E-state index in [4.69, 9.17) is 4.74 Å². The minimum absolute atomic E-state index is 0.00346. The largest absolute Gasteiger partial charge is 0.383 e. The summed E-state index contributed by atoms with van der Waals surface area (Å²) >= 11 is 0. The Morgan fingerprint density at radius 2 is 1.92 bits per heavy atom. The van der Waals surface area contributed by atoms with E-state index in [1.807, 2.05) is 48.7 Å². The number of hydrogen-bond donors (Lipinski definition) is 0. The number of rotatable bonds is 4. The van der Waals surface area contributed by atoms with Gasteiger partial charge in [-0.05, 0) is 29.1 Å². The molecule has 0 aliphatic carbocycles. The summed E-state index contributed by atoms with van der Waals surface area (Å²) in [6.45, 7) is 1.07. The summed E-state index contributed by atoms with van der Waals surface area (Å²) in [4.78, 5) is 12.5. The predicted octanol–water partition coefficient (Wildman–Crippen LogP) is 3.24. The van der Waals surface area contributed by atoms with Crippen LogP contribution in [0.4, 0.5) is 0 Å². The molecule has 2 aromatic carbocycles. The summed E-state index contributed by atoms with van der Waals surface area (Å²) in [7, 11) is 1.63. The SMILES string of the molecule is COCCn1ccc2ccc(C#CCc3ccccc3)cc2c1=O. The fraction of sp³-hybridized carbons (Fsp3) is 0.190. The maximum absolute atomic E-state index is 12.5. The molecule has 0 spiro atoms. The van der Waals surface area contributed by atoms with Gasteiger partial charge in [-0.25, -0.2) is 0 Å². The van der Waals surface area contributed by atoms with Crippen LogP contribution in [-0.4, -0.2) is 18.3 Å². The number of pyridine rings is 1. The monoisotopic (exact) mass is 317 g/mol. The quantitative estimate of drug-likeness (QED) is 0.692. The van der Waals surface area contributed by atoms with Crippen molar-refractivity contribution in [1.29, 1.82) is 0 Å². The van der Waals surface area contributed by atoms with Crippen LogP contribution in [0.2, 0.25) is 0 Å². The summed E-state index contributed by atoms with van der Waals surface area (Å²) in [5.74, 6) is 6.32. The van der Waals surface area contributed by atoms with Crippen LogP contribution in [0, 0.1) is 11.8 Å². The van der Waals surface area contributed by atoms with Crippen molar-refractivity contribution in [2.75, 3.05) is 13.7 Å². The zero-order chi connectivity index (χ0) is 16.8. The average molecular weight is 317 g/mol. The molecule has 120 valence electrons. The van der Waals surface area contributed by atoms with Crippen molar-refractivity contribution in [3.8, 4) is 11.8 Å². The topological polar surface area (TPSA) is 31.2 Å². The summed E-state index contributed by atoms with van der Waals surface area (Å²) < 4.78 is 6.72. The second kappa shape index (κ2) is 7.63. The molecule has 1 aromatic heterocycles. The highest BCUT2D eigenvalue weighted by Gasteiger charge is 2.03. The van der Waals surface area contributed by atoms with Gasteiger partial charge >= 0.3 is 0 Å². The number of nitrogens with zero attached hydrogens (tertiary/aromatic N) is 1. The van der Waals surface area contributed by atoms with E-state index in [9.17, 15) is 4.79 Å². The Morgan fingerprint density at radius 3 is 2.71 bits per heavy atom. The first kappa shape index (κ1) is 16.0. The number of hydrogen-bond acceptors (Lipinski definition) is 2. The lowest BCUT2D eigenvalue weighted by Crippen LogP contribution is -2.21. The van der Waals surface area contributed by atoms with E-state index in [2.05, 4.69) is 24.0 Å². The third-order valence-electron chi connectivity index (χ3n) is 3.88. The van der Waals surface area contributed by atoms with Crippen molar-refractivity contribution in [3.05, 3.63) is 82.3 Å². The molecule has 0 N–H and O–H groups in total. The second-order valence-electron chi connectivity index (χ2n) is 5.57. The zero-order valence-electron chi connectivity index (χ0n) is 13.7. The van der Waals surface area contributed by atoms with Crippen LogP contribution in [0.3, 0.4) is 0 Å². The van der Waals surface area contributed by atoms with Crippen LogP contribution in [-0.2, 0) is 17.7 Å². The third-order valence-corrected chi connectivity index (χ3v) is 3.88. The Morgan fingerprint density at radius 1 is 1.08 bits per heavy atom. The Balaban J connectivity index is 1.87. The van der Waals surface area contributed by atoms with Gasteiger partial charge < -0.3 is 9.30 Å². The van der Waals surface area contributed by atoms with E-state index in [1.54, 1.807) is 11.7 Å². The van der Waals surface area contributed by atoms with E-state index >= 15 is 0 Å². The molecule has 24 heavy (non-hydrogen) atoms. The van der Waals surface area contributed by atoms with Gasteiger partial charge in [-0.2, -0.15) is 0 Å². The van der Waals surface area contributed by atoms with Gasteiger partial charge in [0.2, 0.25) is 0 Å². The maximum Gasteiger partial charge on any atom is 0.258 e. The Labute approximate surface area is 141 Å². The standard InChI is InChI=1S/C21H19NO2/c1-24-15-14-22-13-12-19-11-10-18(16-20(19)21(22)23)9-5-8-17-6-3-2-4-7-17/h2-4,6-7,10-13,16H,8,14-15H2,1H3. The summed E-state index contributed by atoms with van der Waals surface area (Å²) in [6, 6.07) is 17.9. The summed E-state index contributed by atoms with van der Waals surface area (Å²) in [6.07, 6.45) is 2.51. The van der Waals surface area contributed by atoms with Crippen LogP contribution in [0.15, 0.2) is 65.6 Å². The van der Waals surface area contributed by atoms with Gasteiger partial charge in [-0.3, -0.25) is 4.79 Å². The second-order valence-corrected chi connectivity index (χ2v) is 5.57. The van der Waals surface area contributed by atoms with Crippen molar-refractivity contribution in [2.24, 2.45) is 0 Å². The lowest BCUT2D eigenvalue weighted by Gasteiger charge is -2.06. The van der Waals surface area contributed by atoms with Gasteiger partial charge in [0.25, 0.3) is 5.56 Å². The number of benzene rings is 2. The van der Waals surface area contributed by atoms with Crippen molar-refractivity contribution in [2.45, 2.75) is 13.0 Å². The lowest BCUT2D eigenvalue weighted by atomic mass is 10.1. The Bertz CT molecular complexity index is 946. The molecule has 0 unspecified atom stereocenters. The number of ether oxygens (including phenoxy) is 1. The molecular weight excluding hydrogens is 298 g/mol. The van der Waals surface area contributed by atoms with E-state index in [0.29, 0.717) is 25.0 Å². The maximum atomic E-state index is 12.5. The molecule has 0 aliphatic rings. The third kappa shape index (κ3) is 3.73. The van der Waals surface area contributed by atoms with Crippen LogP contribution in [0.25, 0.3) is 10.8 Å². The Kier molecular flexibility index (Phi) is 5.10. The van der Waals surface area contributed by atoms with Gasteiger partial charge in [-0.15, -0.1) is 0 Å². The molecule has 0 amide bonds. The molecule has 0 bridgehead atoms. The van der Waals surface area contributed by atoms with Crippen molar-refractivity contribution in [3.63, 3.8) is 0 Å². The van der Waals surface area contributed by atoms with E-state index in [-0.39, 0.29) is 5.56 Å². The molecule has 0 atom stereocenters. The number of aromatic nitrogens is 1. The lowest BCUT2D eigenvalue weighted by molar-refractivity contribution is 0.186. The van der Waals surface area contributed by atoms with Gasteiger partial charge in [-0.1, -0.05) is 48.2 Å². The summed E-state index contributed by atoms with van der Waals surface area (Å²) in [5, 5.41) is 1.63. The molecule has 3 rings (SSSR count). The van der Waals surface area contributed by atoms with Crippen molar-refractivity contribution in [1.82, 2.24) is 4.57 Å². The van der Waals surface area contributed by atoms with Crippen LogP contribution < -0.4 is 5.56 Å². The smallest absolute Gasteiger partial charge is 0.258 e. The first-order valence-corrected chi connectivity index (χ1v) is 7.93. The number of fused-ring (bicyclic) bond motifs is 1. The Hall–Kier alpha value is -2.83. The molecule has 0 saturated heterocycles. The highest BCUT2D eigenvalue weighted by Crippen LogP contribution is 2.12. The van der Waals surface area contributed by atoms with Crippen molar-refractivity contribution < 1.29 is 4.74 Å². The average Bonchev–Trinajstić information content (AvgIpc) is 2.62. The molecule has 3 aromatic rings. The van der Waals surface area contributed by atoms with Crippen LogP contribution in [0.5, 0.6) is 0 Å². The highest BCUT2D eigenvalue weighted by atomic mass is 16.5. The molecule has 0 aliphatic heterocycles. The van der Waals surface area contributed by atoms with Crippen LogP contribution in [0.1, 0.15) is 11.1 Å². The minimum Gasteiger partial charge on any atom is -0.383 e. The van der Waals surface area contributed by atoms with E-state index < -0.39 is 0 Å². The predicted molar refractivity (Wildman–Crippen MR) is 97.1 cm³/mol. The van der Waals surface area contributed by atoms with E-state index in [1.165, 1.54) is 5.56 Å². The molecule has 0 radical (unpaired) electrons. The van der Waals surface area contributed by atoms with Gasteiger partial charge in [0.15, 0.2) is 0 Å². The summed E-state index contributed by atoms with van der Waals surface area (Å²) in [5.41, 5.74) is 2.05.